The van der Waals surface area contributed by atoms with Crippen molar-refractivity contribution in [1.82, 2.24) is 9.80 Å². The van der Waals surface area contributed by atoms with Crippen LogP contribution in [0.4, 0.5) is 10.5 Å². The van der Waals surface area contributed by atoms with Gasteiger partial charge < -0.3 is 9.64 Å². The highest BCUT2D eigenvalue weighted by atomic mass is 16.6. The smallest absolute Gasteiger partial charge is 0.414 e. The maximum absolute atomic E-state index is 12.3. The Morgan fingerprint density at radius 2 is 1.73 bits per heavy atom. The maximum atomic E-state index is 12.3. The zero-order valence-corrected chi connectivity index (χ0v) is 17.3. The van der Waals surface area contributed by atoms with Gasteiger partial charge in [-0.2, -0.15) is 0 Å². The fourth-order valence-corrected chi connectivity index (χ4v) is 3.32. The molecular weight excluding hydrogens is 326 g/mol. The van der Waals surface area contributed by atoms with Crippen LogP contribution in [0, 0.1) is 0 Å². The van der Waals surface area contributed by atoms with E-state index in [0.717, 1.165) is 44.8 Å². The third-order valence-electron chi connectivity index (χ3n) is 4.66. The van der Waals surface area contributed by atoms with Gasteiger partial charge in [-0.05, 0) is 51.4 Å². The van der Waals surface area contributed by atoms with E-state index in [1.807, 2.05) is 34.6 Å². The quantitative estimate of drug-likeness (QED) is 0.804. The molecule has 2 aliphatic heterocycles. The van der Waals surface area contributed by atoms with E-state index in [1.54, 1.807) is 4.90 Å². The normalized spacial score (nSPS) is 18.2. The monoisotopic (exact) mass is 361 g/mol. The summed E-state index contributed by atoms with van der Waals surface area (Å²) in [6, 6.07) is 6.50. The Morgan fingerprint density at radius 1 is 1.08 bits per heavy atom. The number of nitrogens with zero attached hydrogens (tertiary/aromatic N) is 3. The van der Waals surface area contributed by atoms with Crippen LogP contribution in [0.3, 0.4) is 0 Å². The number of rotatable bonds is 2. The van der Waals surface area contributed by atoms with Gasteiger partial charge >= 0.3 is 6.09 Å². The molecule has 2 heterocycles. The zero-order valence-electron chi connectivity index (χ0n) is 17.3. The van der Waals surface area contributed by atoms with Crippen molar-refractivity contribution in [2.45, 2.75) is 53.2 Å². The zero-order chi connectivity index (χ0) is 19.3. The molecule has 26 heavy (non-hydrogen) atoms. The standard InChI is InChI=1S/C19H29N3O2.C2H6/c1-19(2,3)24-18(23)22-8-7-16-13-15(5-6-17(16)22)14-21-11-9-20(4)10-12-21;1-2/h5-6,13H,7-12,14H2,1-4H3;1-2H3. The average Bonchev–Trinajstić information content (AvgIpc) is 3.01. The predicted molar refractivity (Wildman–Crippen MR) is 108 cm³/mol. The van der Waals surface area contributed by atoms with Crippen molar-refractivity contribution in [2.75, 3.05) is 44.7 Å². The summed E-state index contributed by atoms with van der Waals surface area (Å²) in [5.74, 6) is 0. The molecule has 0 aliphatic carbocycles. The number of anilines is 1. The number of piperazine rings is 1. The van der Waals surface area contributed by atoms with Gasteiger partial charge in [-0.25, -0.2) is 4.79 Å². The fraction of sp³-hybridized carbons (Fsp3) is 0.667. The summed E-state index contributed by atoms with van der Waals surface area (Å²) in [6.07, 6.45) is 0.665. The third kappa shape index (κ3) is 5.45. The molecule has 1 fully saturated rings. The van der Waals surface area contributed by atoms with E-state index < -0.39 is 5.60 Å². The predicted octanol–water partition coefficient (Wildman–Crippen LogP) is 3.76. The van der Waals surface area contributed by atoms with Crippen LogP contribution >= 0.6 is 0 Å². The van der Waals surface area contributed by atoms with Gasteiger partial charge in [0.25, 0.3) is 0 Å². The van der Waals surface area contributed by atoms with Crippen molar-refractivity contribution < 1.29 is 9.53 Å². The Bertz CT molecular complexity index is 602. The van der Waals surface area contributed by atoms with E-state index in [1.165, 1.54) is 11.1 Å². The van der Waals surface area contributed by atoms with Crippen LogP contribution in [0.1, 0.15) is 45.7 Å². The van der Waals surface area contributed by atoms with E-state index in [2.05, 4.69) is 35.0 Å². The molecule has 0 spiro atoms. The summed E-state index contributed by atoms with van der Waals surface area (Å²) in [5.41, 5.74) is 3.14. The van der Waals surface area contributed by atoms with Crippen molar-refractivity contribution in [3.8, 4) is 0 Å². The van der Waals surface area contributed by atoms with Gasteiger partial charge in [0, 0.05) is 39.3 Å². The van der Waals surface area contributed by atoms with Crippen molar-refractivity contribution >= 4 is 11.8 Å². The number of carbonyl (C=O) groups is 1. The average molecular weight is 362 g/mol. The number of fused-ring (bicyclic) bond motifs is 1. The van der Waals surface area contributed by atoms with Crippen LogP contribution < -0.4 is 4.90 Å². The number of likely N-dealkylation sites (N-methyl/N-ethyl adjacent to an activating group) is 1. The first-order valence-electron chi connectivity index (χ1n) is 9.85. The van der Waals surface area contributed by atoms with E-state index in [4.69, 9.17) is 4.74 Å². The van der Waals surface area contributed by atoms with Crippen molar-refractivity contribution in [3.63, 3.8) is 0 Å². The lowest BCUT2D eigenvalue weighted by Gasteiger charge is -2.32. The second-order valence-electron chi connectivity index (χ2n) is 7.92. The van der Waals surface area contributed by atoms with Gasteiger partial charge in [0.15, 0.2) is 0 Å². The number of ether oxygens (including phenoxy) is 1. The lowest BCUT2D eigenvalue weighted by molar-refractivity contribution is 0.0584. The number of carbonyl (C=O) groups excluding carboxylic acids is 1. The Kier molecular flexibility index (Phi) is 7.07. The fourth-order valence-electron chi connectivity index (χ4n) is 3.32. The van der Waals surface area contributed by atoms with Crippen LogP contribution in [0.5, 0.6) is 0 Å². The Balaban J connectivity index is 0.00000117. The molecule has 2 aliphatic rings. The topological polar surface area (TPSA) is 36.0 Å². The molecule has 1 saturated heterocycles. The minimum Gasteiger partial charge on any atom is -0.443 e. The summed E-state index contributed by atoms with van der Waals surface area (Å²) in [7, 11) is 2.18. The highest BCUT2D eigenvalue weighted by molar-refractivity contribution is 5.90. The molecule has 0 N–H and O–H groups in total. The molecule has 0 atom stereocenters. The van der Waals surface area contributed by atoms with Crippen molar-refractivity contribution in [2.24, 2.45) is 0 Å². The molecule has 0 bridgehead atoms. The molecule has 5 nitrogen and oxygen atoms in total. The molecule has 1 aromatic rings. The van der Waals surface area contributed by atoms with E-state index in [9.17, 15) is 4.79 Å². The molecule has 1 amide bonds. The first-order chi connectivity index (χ1) is 12.3. The molecule has 0 unspecified atom stereocenters. The lowest BCUT2D eigenvalue weighted by Crippen LogP contribution is -2.43. The molecule has 146 valence electrons. The maximum Gasteiger partial charge on any atom is 0.414 e. The van der Waals surface area contributed by atoms with Gasteiger partial charge in [0.2, 0.25) is 0 Å². The molecule has 1 aromatic carbocycles. The van der Waals surface area contributed by atoms with Crippen LogP contribution in [0.25, 0.3) is 0 Å². The SMILES string of the molecule is CC.CN1CCN(Cc2ccc3c(c2)CCN3C(=O)OC(C)(C)C)CC1. The molecule has 0 aromatic heterocycles. The van der Waals surface area contributed by atoms with E-state index in [0.29, 0.717) is 6.54 Å². The number of benzene rings is 1. The summed E-state index contributed by atoms with van der Waals surface area (Å²) < 4.78 is 5.51. The number of hydrogen-bond donors (Lipinski definition) is 0. The Morgan fingerprint density at radius 3 is 2.35 bits per heavy atom. The van der Waals surface area contributed by atoms with Crippen LogP contribution in [0.2, 0.25) is 0 Å². The summed E-state index contributed by atoms with van der Waals surface area (Å²) in [4.78, 5) is 19.0. The van der Waals surface area contributed by atoms with E-state index >= 15 is 0 Å². The van der Waals surface area contributed by atoms with Gasteiger partial charge in [-0.3, -0.25) is 9.80 Å². The van der Waals surface area contributed by atoms with Gasteiger partial charge in [-0.15, -0.1) is 0 Å². The van der Waals surface area contributed by atoms with Gasteiger partial charge in [0.05, 0.1) is 5.69 Å². The Hall–Kier alpha value is -1.59. The first kappa shape index (κ1) is 20.7. The molecule has 0 radical (unpaired) electrons. The first-order valence-corrected chi connectivity index (χ1v) is 9.85. The minimum atomic E-state index is -0.457. The van der Waals surface area contributed by atoms with Gasteiger partial charge in [0.1, 0.15) is 5.60 Å². The lowest BCUT2D eigenvalue weighted by atomic mass is 10.1. The largest absolute Gasteiger partial charge is 0.443 e. The molecule has 0 saturated carbocycles. The minimum absolute atomic E-state index is 0.243. The van der Waals surface area contributed by atoms with E-state index in [-0.39, 0.29) is 6.09 Å². The second-order valence-corrected chi connectivity index (χ2v) is 7.92. The van der Waals surface area contributed by atoms with Crippen molar-refractivity contribution in [1.29, 1.82) is 0 Å². The number of amides is 1. The Labute approximate surface area is 158 Å². The molecular formula is C21H35N3O2. The van der Waals surface area contributed by atoms with Gasteiger partial charge in [-0.1, -0.05) is 26.0 Å². The second kappa shape index (κ2) is 8.87. The highest BCUT2D eigenvalue weighted by Gasteiger charge is 2.29. The summed E-state index contributed by atoms with van der Waals surface area (Å²) in [5, 5.41) is 0. The third-order valence-corrected chi connectivity index (χ3v) is 4.66. The molecule has 5 heteroatoms. The van der Waals surface area contributed by atoms with Crippen molar-refractivity contribution in [3.05, 3.63) is 29.3 Å². The summed E-state index contributed by atoms with van der Waals surface area (Å²) in [6.45, 7) is 15.9. The van der Waals surface area contributed by atoms with Crippen LogP contribution in [0.15, 0.2) is 18.2 Å². The highest BCUT2D eigenvalue weighted by Crippen LogP contribution is 2.30. The van der Waals surface area contributed by atoms with Crippen LogP contribution in [-0.4, -0.2) is 61.3 Å². The van der Waals surface area contributed by atoms with Crippen LogP contribution in [-0.2, 0) is 17.7 Å². The molecule has 3 rings (SSSR count). The summed E-state index contributed by atoms with van der Waals surface area (Å²) >= 11 is 0. The number of hydrogen-bond acceptors (Lipinski definition) is 4.